The molecule has 2 fully saturated rings. The van der Waals surface area contributed by atoms with Crippen molar-refractivity contribution in [2.24, 2.45) is 5.92 Å². The van der Waals surface area contributed by atoms with Crippen molar-refractivity contribution in [3.63, 3.8) is 0 Å². The van der Waals surface area contributed by atoms with Gasteiger partial charge in [0.25, 0.3) is 0 Å². The summed E-state index contributed by atoms with van der Waals surface area (Å²) in [6.07, 6.45) is -1.39. The first-order valence-corrected chi connectivity index (χ1v) is 6.72. The Morgan fingerprint density at radius 2 is 2.15 bits per heavy atom. The molecule has 2 saturated heterocycles. The van der Waals surface area contributed by atoms with Gasteiger partial charge < -0.3 is 15.0 Å². The Kier molecular flexibility index (Phi) is 3.45. The van der Waals surface area contributed by atoms with Crippen LogP contribution in [0.15, 0.2) is 18.3 Å². The molecule has 0 aliphatic carbocycles. The number of piperidine rings is 1. The number of alkyl halides is 3. The summed E-state index contributed by atoms with van der Waals surface area (Å²) in [6.45, 7) is 2.90. The highest BCUT2D eigenvalue weighted by molar-refractivity contribution is 5.43. The number of rotatable bonds is 2. The zero-order chi connectivity index (χ0) is 14.2. The molecule has 1 N–H and O–H groups in total. The number of aromatic nitrogens is 1. The third-order valence-electron chi connectivity index (χ3n) is 3.96. The van der Waals surface area contributed by atoms with Crippen molar-refractivity contribution in [2.45, 2.75) is 25.2 Å². The van der Waals surface area contributed by atoms with E-state index in [-0.39, 0.29) is 5.75 Å². The zero-order valence-corrected chi connectivity index (χ0v) is 10.9. The molecule has 4 nitrogen and oxygen atoms in total. The van der Waals surface area contributed by atoms with Gasteiger partial charge in [0.05, 0.1) is 6.20 Å². The fourth-order valence-corrected chi connectivity index (χ4v) is 3.11. The second kappa shape index (κ2) is 5.12. The van der Waals surface area contributed by atoms with Crippen LogP contribution in [0.4, 0.5) is 19.0 Å². The number of pyridine rings is 1. The summed E-state index contributed by atoms with van der Waals surface area (Å²) in [4.78, 5) is 6.31. The van der Waals surface area contributed by atoms with Crippen LogP contribution in [0, 0.1) is 5.92 Å². The van der Waals surface area contributed by atoms with Crippen LogP contribution in [0.1, 0.15) is 12.8 Å². The van der Waals surface area contributed by atoms with Crippen LogP contribution in [0.25, 0.3) is 0 Å². The van der Waals surface area contributed by atoms with Gasteiger partial charge in [0.2, 0.25) is 0 Å². The lowest BCUT2D eigenvalue weighted by Gasteiger charge is -2.32. The third kappa shape index (κ3) is 2.82. The van der Waals surface area contributed by atoms with Gasteiger partial charge in [-0.25, -0.2) is 4.98 Å². The van der Waals surface area contributed by atoms with E-state index in [1.807, 2.05) is 0 Å². The van der Waals surface area contributed by atoms with Crippen molar-refractivity contribution >= 4 is 5.82 Å². The largest absolute Gasteiger partial charge is 0.573 e. The third-order valence-corrected chi connectivity index (χ3v) is 3.96. The SMILES string of the molecule is FC(F)(F)Oc1ccc(N2CC[C@@H]3CNCC[C@@H]32)nc1. The minimum Gasteiger partial charge on any atom is -0.404 e. The van der Waals surface area contributed by atoms with Crippen LogP contribution in [-0.4, -0.2) is 37.0 Å². The molecule has 0 radical (unpaired) electrons. The van der Waals surface area contributed by atoms with E-state index in [2.05, 4.69) is 19.9 Å². The van der Waals surface area contributed by atoms with E-state index >= 15 is 0 Å². The quantitative estimate of drug-likeness (QED) is 0.904. The Hall–Kier alpha value is -1.50. The minimum absolute atomic E-state index is 0.276. The predicted octanol–water partition coefficient (Wildman–Crippen LogP) is 2.17. The molecule has 1 aromatic rings. The molecule has 1 aromatic heterocycles. The van der Waals surface area contributed by atoms with Gasteiger partial charge in [0, 0.05) is 12.6 Å². The molecule has 3 heterocycles. The second-order valence-electron chi connectivity index (χ2n) is 5.20. The van der Waals surface area contributed by atoms with E-state index in [0.717, 1.165) is 44.5 Å². The fraction of sp³-hybridized carbons (Fsp3) is 0.615. The van der Waals surface area contributed by atoms with Crippen LogP contribution < -0.4 is 15.0 Å². The molecule has 0 aromatic carbocycles. The number of nitrogens with zero attached hydrogens (tertiary/aromatic N) is 2. The highest BCUT2D eigenvalue weighted by Gasteiger charge is 2.36. The van der Waals surface area contributed by atoms with Crippen LogP contribution in [-0.2, 0) is 0 Å². The summed E-state index contributed by atoms with van der Waals surface area (Å²) in [7, 11) is 0. The Labute approximate surface area is 114 Å². The van der Waals surface area contributed by atoms with Gasteiger partial charge in [-0.05, 0) is 44.0 Å². The van der Waals surface area contributed by atoms with E-state index in [4.69, 9.17) is 0 Å². The van der Waals surface area contributed by atoms with Crippen molar-refractivity contribution in [3.8, 4) is 5.75 Å². The number of nitrogens with one attached hydrogen (secondary N) is 1. The Morgan fingerprint density at radius 1 is 1.30 bits per heavy atom. The van der Waals surface area contributed by atoms with Crippen LogP contribution in [0.3, 0.4) is 0 Å². The van der Waals surface area contributed by atoms with Gasteiger partial charge in [-0.1, -0.05) is 0 Å². The summed E-state index contributed by atoms with van der Waals surface area (Å²) >= 11 is 0. The summed E-state index contributed by atoms with van der Waals surface area (Å²) in [5, 5.41) is 3.37. The number of fused-ring (bicyclic) bond motifs is 1. The molecule has 0 bridgehead atoms. The van der Waals surface area contributed by atoms with Gasteiger partial charge in [-0.3, -0.25) is 0 Å². The number of hydrogen-bond donors (Lipinski definition) is 1. The maximum absolute atomic E-state index is 12.1. The van der Waals surface area contributed by atoms with Crippen LogP contribution >= 0.6 is 0 Å². The molecule has 2 aliphatic rings. The molecule has 110 valence electrons. The van der Waals surface area contributed by atoms with E-state index in [9.17, 15) is 13.2 Å². The predicted molar refractivity (Wildman–Crippen MR) is 67.6 cm³/mol. The van der Waals surface area contributed by atoms with Gasteiger partial charge in [0.15, 0.2) is 0 Å². The van der Waals surface area contributed by atoms with Gasteiger partial charge >= 0.3 is 6.36 Å². The monoisotopic (exact) mass is 287 g/mol. The second-order valence-corrected chi connectivity index (χ2v) is 5.20. The molecule has 0 unspecified atom stereocenters. The van der Waals surface area contributed by atoms with Gasteiger partial charge in [0.1, 0.15) is 11.6 Å². The smallest absolute Gasteiger partial charge is 0.404 e. The number of halogens is 3. The number of ether oxygens (including phenoxy) is 1. The van der Waals surface area contributed by atoms with Crippen molar-refractivity contribution in [2.75, 3.05) is 24.5 Å². The molecule has 2 aliphatic heterocycles. The summed E-state index contributed by atoms with van der Waals surface area (Å²) in [5.74, 6) is 1.06. The molecular formula is C13H16F3N3O. The molecule has 20 heavy (non-hydrogen) atoms. The molecule has 0 amide bonds. The van der Waals surface area contributed by atoms with E-state index in [1.165, 1.54) is 6.07 Å². The van der Waals surface area contributed by atoms with E-state index in [1.54, 1.807) is 6.07 Å². The lowest BCUT2D eigenvalue weighted by atomic mass is 9.94. The first-order chi connectivity index (χ1) is 9.53. The maximum Gasteiger partial charge on any atom is 0.573 e. The molecule has 3 rings (SSSR count). The summed E-state index contributed by atoms with van der Waals surface area (Å²) in [6, 6.07) is 3.37. The molecular weight excluding hydrogens is 271 g/mol. The van der Waals surface area contributed by atoms with E-state index in [0.29, 0.717) is 12.0 Å². The van der Waals surface area contributed by atoms with Crippen molar-refractivity contribution < 1.29 is 17.9 Å². The van der Waals surface area contributed by atoms with Gasteiger partial charge in [-0.2, -0.15) is 0 Å². The fourth-order valence-electron chi connectivity index (χ4n) is 3.11. The maximum atomic E-state index is 12.1. The van der Waals surface area contributed by atoms with Crippen LogP contribution in [0.2, 0.25) is 0 Å². The molecule has 7 heteroatoms. The van der Waals surface area contributed by atoms with Crippen LogP contribution in [0.5, 0.6) is 5.75 Å². The zero-order valence-electron chi connectivity index (χ0n) is 10.9. The topological polar surface area (TPSA) is 37.4 Å². The van der Waals surface area contributed by atoms with E-state index < -0.39 is 6.36 Å². The van der Waals surface area contributed by atoms with Crippen molar-refractivity contribution in [1.82, 2.24) is 10.3 Å². The Bertz CT molecular complexity index is 463. The first-order valence-electron chi connectivity index (χ1n) is 6.72. The first kappa shape index (κ1) is 13.5. The summed E-state index contributed by atoms with van der Waals surface area (Å²) in [5.41, 5.74) is 0. The normalized spacial score (nSPS) is 26.4. The van der Waals surface area contributed by atoms with Crippen molar-refractivity contribution in [3.05, 3.63) is 18.3 Å². The molecule has 0 saturated carbocycles. The number of hydrogen-bond acceptors (Lipinski definition) is 4. The Morgan fingerprint density at radius 3 is 2.85 bits per heavy atom. The highest BCUT2D eigenvalue weighted by Crippen LogP contribution is 2.32. The highest BCUT2D eigenvalue weighted by atomic mass is 19.4. The van der Waals surface area contributed by atoms with Gasteiger partial charge in [-0.15, -0.1) is 13.2 Å². The lowest BCUT2D eigenvalue weighted by Crippen LogP contribution is -2.43. The van der Waals surface area contributed by atoms with Crippen molar-refractivity contribution in [1.29, 1.82) is 0 Å². The summed E-state index contributed by atoms with van der Waals surface area (Å²) < 4.78 is 40.1. The lowest BCUT2D eigenvalue weighted by molar-refractivity contribution is -0.274. The minimum atomic E-state index is -4.67. The molecule has 0 spiro atoms. The number of anilines is 1. The average molecular weight is 287 g/mol. The standard InChI is InChI=1S/C13H16F3N3O/c14-13(15,16)20-10-1-2-12(18-8-10)19-6-4-9-7-17-5-3-11(9)19/h1-2,8-9,11,17H,3-7H2/t9-,11+/m1/s1. The molecule has 2 atom stereocenters. The average Bonchev–Trinajstić information content (AvgIpc) is 2.82. The Balaban J connectivity index is 1.71.